The molecular weight excluding hydrogens is 251 g/mol. The number of rotatable bonds is 4. The van der Waals surface area contributed by atoms with Crippen LogP contribution < -0.4 is 10.6 Å². The number of anilines is 1. The minimum atomic E-state index is -0.400. The van der Waals surface area contributed by atoms with E-state index in [1.54, 1.807) is 0 Å². The van der Waals surface area contributed by atoms with Gasteiger partial charge in [0.05, 0.1) is 18.4 Å². The molecule has 0 radical (unpaired) electrons. The van der Waals surface area contributed by atoms with Crippen molar-refractivity contribution in [3.8, 4) is 0 Å². The second kappa shape index (κ2) is 5.81. The Hall–Kier alpha value is -2.63. The lowest BCUT2D eigenvalue weighted by atomic mass is 10.3. The van der Waals surface area contributed by atoms with Crippen LogP contribution in [0.2, 0.25) is 0 Å². The lowest BCUT2D eigenvalue weighted by Crippen LogP contribution is -2.32. The fourth-order valence-electron chi connectivity index (χ4n) is 1.39. The molecule has 1 aromatic carbocycles. The Labute approximate surface area is 108 Å². The van der Waals surface area contributed by atoms with E-state index in [0.717, 1.165) is 0 Å². The zero-order valence-corrected chi connectivity index (χ0v) is 9.85. The van der Waals surface area contributed by atoms with Crippen molar-refractivity contribution in [2.75, 3.05) is 11.9 Å². The van der Waals surface area contributed by atoms with Crippen molar-refractivity contribution < 1.29 is 18.4 Å². The van der Waals surface area contributed by atoms with Gasteiger partial charge >= 0.3 is 0 Å². The van der Waals surface area contributed by atoms with Gasteiger partial charge < -0.3 is 15.1 Å². The Morgan fingerprint density at radius 1 is 1.16 bits per heavy atom. The zero-order chi connectivity index (χ0) is 13.7. The van der Waals surface area contributed by atoms with Gasteiger partial charge in [-0.3, -0.25) is 9.59 Å². The Balaban J connectivity index is 1.82. The molecule has 0 atom stereocenters. The molecule has 2 aromatic rings. The van der Waals surface area contributed by atoms with Gasteiger partial charge in [0.25, 0.3) is 5.91 Å². The quantitative estimate of drug-likeness (QED) is 0.882. The van der Waals surface area contributed by atoms with E-state index in [2.05, 4.69) is 10.6 Å². The maximum absolute atomic E-state index is 12.7. The van der Waals surface area contributed by atoms with Crippen LogP contribution in [0.1, 0.15) is 10.4 Å². The molecule has 0 aliphatic rings. The molecule has 0 saturated heterocycles. The summed E-state index contributed by atoms with van der Waals surface area (Å²) >= 11 is 0. The van der Waals surface area contributed by atoms with E-state index < -0.39 is 11.8 Å². The van der Waals surface area contributed by atoms with Crippen molar-refractivity contribution in [2.45, 2.75) is 0 Å². The lowest BCUT2D eigenvalue weighted by Gasteiger charge is -2.06. The fourth-order valence-corrected chi connectivity index (χ4v) is 1.39. The van der Waals surface area contributed by atoms with Gasteiger partial charge in [0.15, 0.2) is 0 Å². The lowest BCUT2D eigenvalue weighted by molar-refractivity contribution is -0.115. The minimum absolute atomic E-state index is 0.179. The molecule has 2 N–H and O–H groups in total. The van der Waals surface area contributed by atoms with Crippen LogP contribution in [0.3, 0.4) is 0 Å². The van der Waals surface area contributed by atoms with Crippen LogP contribution in [0.25, 0.3) is 0 Å². The molecular formula is C13H11FN2O3. The van der Waals surface area contributed by atoms with Crippen LogP contribution in [-0.4, -0.2) is 18.4 Å². The van der Waals surface area contributed by atoms with E-state index >= 15 is 0 Å². The summed E-state index contributed by atoms with van der Waals surface area (Å²) < 4.78 is 17.4. The molecule has 2 amide bonds. The van der Waals surface area contributed by atoms with Crippen molar-refractivity contribution in [3.05, 3.63) is 54.2 Å². The van der Waals surface area contributed by atoms with Gasteiger partial charge in [-0.1, -0.05) is 0 Å². The number of hydrogen-bond acceptors (Lipinski definition) is 3. The van der Waals surface area contributed by atoms with Gasteiger partial charge in [-0.25, -0.2) is 4.39 Å². The monoisotopic (exact) mass is 262 g/mol. The highest BCUT2D eigenvalue weighted by molar-refractivity contribution is 5.99. The smallest absolute Gasteiger partial charge is 0.254 e. The highest BCUT2D eigenvalue weighted by Gasteiger charge is 2.09. The van der Waals surface area contributed by atoms with Crippen molar-refractivity contribution in [1.29, 1.82) is 0 Å². The standard InChI is InChI=1S/C13H11FN2O3/c14-10-1-3-11(4-2-10)16-12(17)7-15-13(18)9-5-6-19-8-9/h1-6,8H,7H2,(H,15,18)(H,16,17). The Morgan fingerprint density at radius 2 is 1.89 bits per heavy atom. The van der Waals surface area contributed by atoms with Crippen LogP contribution in [0.5, 0.6) is 0 Å². The van der Waals surface area contributed by atoms with Gasteiger partial charge in [0.1, 0.15) is 12.1 Å². The van der Waals surface area contributed by atoms with Crippen LogP contribution in [0, 0.1) is 5.82 Å². The maximum atomic E-state index is 12.7. The Kier molecular flexibility index (Phi) is 3.92. The molecule has 5 nitrogen and oxygen atoms in total. The second-order valence-electron chi connectivity index (χ2n) is 3.75. The fraction of sp³-hybridized carbons (Fsp3) is 0.0769. The van der Waals surface area contributed by atoms with Gasteiger partial charge in [-0.2, -0.15) is 0 Å². The first-order chi connectivity index (χ1) is 9.15. The number of nitrogens with one attached hydrogen (secondary N) is 2. The summed E-state index contributed by atoms with van der Waals surface area (Å²) in [5.74, 6) is -1.18. The summed E-state index contributed by atoms with van der Waals surface area (Å²) in [5.41, 5.74) is 0.804. The number of amides is 2. The molecule has 0 bridgehead atoms. The van der Waals surface area contributed by atoms with Crippen molar-refractivity contribution >= 4 is 17.5 Å². The predicted octanol–water partition coefficient (Wildman–Crippen LogP) is 1.79. The third-order valence-corrected chi connectivity index (χ3v) is 2.32. The van der Waals surface area contributed by atoms with Gasteiger partial charge in [-0.05, 0) is 30.3 Å². The average molecular weight is 262 g/mol. The molecule has 6 heteroatoms. The average Bonchev–Trinajstić information content (AvgIpc) is 2.93. The summed E-state index contributed by atoms with van der Waals surface area (Å²) in [5, 5.41) is 4.96. The largest absolute Gasteiger partial charge is 0.472 e. The molecule has 19 heavy (non-hydrogen) atoms. The number of benzene rings is 1. The number of carbonyl (C=O) groups is 2. The molecule has 0 unspecified atom stereocenters. The number of furan rings is 1. The Bertz CT molecular complexity index is 564. The molecule has 2 rings (SSSR count). The van der Waals surface area contributed by atoms with E-state index in [0.29, 0.717) is 11.3 Å². The van der Waals surface area contributed by atoms with E-state index in [4.69, 9.17) is 4.42 Å². The zero-order valence-electron chi connectivity index (χ0n) is 9.85. The predicted molar refractivity (Wildman–Crippen MR) is 66.1 cm³/mol. The van der Waals surface area contributed by atoms with Gasteiger partial charge in [-0.15, -0.1) is 0 Å². The third kappa shape index (κ3) is 3.67. The minimum Gasteiger partial charge on any atom is -0.472 e. The van der Waals surface area contributed by atoms with Crippen LogP contribution in [0.4, 0.5) is 10.1 Å². The summed E-state index contributed by atoms with van der Waals surface area (Å²) in [4.78, 5) is 23.0. The summed E-state index contributed by atoms with van der Waals surface area (Å²) in [7, 11) is 0. The molecule has 98 valence electrons. The van der Waals surface area contributed by atoms with Crippen molar-refractivity contribution in [2.24, 2.45) is 0 Å². The van der Waals surface area contributed by atoms with Gasteiger partial charge in [0, 0.05) is 5.69 Å². The van der Waals surface area contributed by atoms with E-state index in [1.165, 1.54) is 42.9 Å². The van der Waals surface area contributed by atoms with E-state index in [9.17, 15) is 14.0 Å². The Morgan fingerprint density at radius 3 is 2.53 bits per heavy atom. The molecule has 0 aliphatic carbocycles. The van der Waals surface area contributed by atoms with E-state index in [-0.39, 0.29) is 12.4 Å². The topological polar surface area (TPSA) is 71.3 Å². The molecule has 0 saturated carbocycles. The normalized spacial score (nSPS) is 9.95. The molecule has 0 fully saturated rings. The van der Waals surface area contributed by atoms with Gasteiger partial charge in [0.2, 0.25) is 5.91 Å². The third-order valence-electron chi connectivity index (χ3n) is 2.32. The highest BCUT2D eigenvalue weighted by atomic mass is 19.1. The first kappa shape index (κ1) is 12.8. The summed E-state index contributed by atoms with van der Waals surface area (Å²) in [6.45, 7) is -0.179. The number of halogens is 1. The summed E-state index contributed by atoms with van der Waals surface area (Å²) in [6, 6.07) is 6.84. The molecule has 1 aromatic heterocycles. The SMILES string of the molecule is O=C(CNC(=O)c1ccoc1)Nc1ccc(F)cc1. The van der Waals surface area contributed by atoms with Crippen LogP contribution >= 0.6 is 0 Å². The first-order valence-corrected chi connectivity index (χ1v) is 5.51. The number of hydrogen-bond donors (Lipinski definition) is 2. The number of carbonyl (C=O) groups excluding carboxylic acids is 2. The second-order valence-corrected chi connectivity index (χ2v) is 3.75. The maximum Gasteiger partial charge on any atom is 0.254 e. The summed E-state index contributed by atoms with van der Waals surface area (Å²) in [6.07, 6.45) is 2.65. The van der Waals surface area contributed by atoms with Crippen molar-refractivity contribution in [1.82, 2.24) is 5.32 Å². The van der Waals surface area contributed by atoms with Crippen LogP contribution in [-0.2, 0) is 4.79 Å². The van der Waals surface area contributed by atoms with Crippen LogP contribution in [0.15, 0.2) is 47.3 Å². The van der Waals surface area contributed by atoms with Crippen molar-refractivity contribution in [3.63, 3.8) is 0 Å². The molecule has 1 heterocycles. The van der Waals surface area contributed by atoms with E-state index in [1.807, 2.05) is 0 Å². The molecule has 0 aliphatic heterocycles. The molecule has 0 spiro atoms. The first-order valence-electron chi connectivity index (χ1n) is 5.51. The highest BCUT2D eigenvalue weighted by Crippen LogP contribution is 2.07.